The van der Waals surface area contributed by atoms with Crippen molar-refractivity contribution in [3.05, 3.63) is 0 Å². The normalized spacial score (nSPS) is 28.0. The fraction of sp³-hybridized carbons (Fsp3) is 0.833. The molecule has 0 N–H and O–H groups in total. The molecular formula is C6H6B4O2. The number of hydrogen-bond donors (Lipinski definition) is 0. The Morgan fingerprint density at radius 1 is 1.17 bits per heavy atom. The molecule has 54 valence electrons. The average molecular weight is 153 g/mol. The third kappa shape index (κ3) is 2.44. The van der Waals surface area contributed by atoms with E-state index in [9.17, 15) is 4.79 Å². The predicted molar refractivity (Wildman–Crippen MR) is 48.4 cm³/mol. The summed E-state index contributed by atoms with van der Waals surface area (Å²) in [7, 11) is 21.8. The molecule has 0 aliphatic carbocycles. The van der Waals surface area contributed by atoms with Gasteiger partial charge in [0.2, 0.25) is 0 Å². The van der Waals surface area contributed by atoms with Gasteiger partial charge in [-0.2, -0.15) is 0 Å². The first-order chi connectivity index (χ1) is 5.35. The van der Waals surface area contributed by atoms with Gasteiger partial charge in [-0.05, 0) is 23.6 Å². The van der Waals surface area contributed by atoms with Gasteiger partial charge in [-0.3, -0.25) is 0 Å². The Morgan fingerprint density at radius 2 is 1.58 bits per heavy atom. The summed E-state index contributed by atoms with van der Waals surface area (Å²) in [5.74, 6) is -0.330. The van der Waals surface area contributed by atoms with Gasteiger partial charge < -0.3 is 9.53 Å². The summed E-state index contributed by atoms with van der Waals surface area (Å²) in [5.41, 5.74) is 0. The minimum absolute atomic E-state index is 0.243. The number of carbonyl (C=O) groups is 1. The van der Waals surface area contributed by atoms with Gasteiger partial charge in [0, 0.05) is 5.92 Å². The van der Waals surface area contributed by atoms with Crippen molar-refractivity contribution < 1.29 is 9.53 Å². The van der Waals surface area contributed by atoms with Crippen molar-refractivity contribution in [2.75, 3.05) is 0 Å². The Balaban J connectivity index is 2.72. The first-order valence-electron chi connectivity index (χ1n) is 3.66. The van der Waals surface area contributed by atoms with Crippen LogP contribution >= 0.6 is 0 Å². The lowest BCUT2D eigenvalue weighted by atomic mass is 9.52. The molecule has 1 rings (SSSR count). The van der Waals surface area contributed by atoms with Crippen LogP contribution in [-0.4, -0.2) is 48.5 Å². The van der Waals surface area contributed by atoms with Crippen molar-refractivity contribution >= 4 is 37.7 Å². The molecule has 0 amide bonds. The molecule has 1 aliphatic heterocycles. The summed E-state index contributed by atoms with van der Waals surface area (Å²) in [6, 6.07) is 0. The maximum absolute atomic E-state index is 10.5. The Hall–Kier alpha value is -0.110. The van der Waals surface area contributed by atoms with Gasteiger partial charge >= 0.3 is 0 Å². The molecule has 0 atom stereocenters. The Morgan fingerprint density at radius 3 is 1.92 bits per heavy atom. The fourth-order valence-electron chi connectivity index (χ4n) is 1.43. The lowest BCUT2D eigenvalue weighted by Crippen LogP contribution is -2.53. The largest absolute Gasteiger partial charge is 0.407 e. The van der Waals surface area contributed by atoms with Gasteiger partial charge in [0.1, 0.15) is 6.29 Å². The topological polar surface area (TPSA) is 26.3 Å². The second-order valence-corrected chi connectivity index (χ2v) is 3.32. The van der Waals surface area contributed by atoms with E-state index in [4.69, 9.17) is 36.1 Å². The van der Waals surface area contributed by atoms with E-state index in [1.54, 1.807) is 0 Å². The number of aldehydes is 1. The van der Waals surface area contributed by atoms with Gasteiger partial charge in [-0.1, -0.05) is 0 Å². The minimum Gasteiger partial charge on any atom is -0.407 e. The van der Waals surface area contributed by atoms with E-state index in [1.165, 1.54) is 0 Å². The lowest BCUT2D eigenvalue weighted by Gasteiger charge is -2.46. The summed E-state index contributed by atoms with van der Waals surface area (Å²) in [5, 5.41) is -2.79. The third-order valence-electron chi connectivity index (χ3n) is 1.73. The second kappa shape index (κ2) is 2.98. The Kier molecular flexibility index (Phi) is 2.48. The van der Waals surface area contributed by atoms with Crippen molar-refractivity contribution in [1.82, 2.24) is 0 Å². The van der Waals surface area contributed by atoms with Gasteiger partial charge in [0.25, 0.3) is 0 Å². The highest BCUT2D eigenvalue weighted by atomic mass is 16.5. The summed E-state index contributed by atoms with van der Waals surface area (Å²) in [4.78, 5) is 10.5. The Bertz CT molecular complexity index is 176. The average Bonchev–Trinajstić information content (AvgIpc) is 1.80. The van der Waals surface area contributed by atoms with Crippen LogP contribution in [0.5, 0.6) is 0 Å². The van der Waals surface area contributed by atoms with E-state index in [2.05, 4.69) is 0 Å². The van der Waals surface area contributed by atoms with E-state index in [1.807, 2.05) is 0 Å². The molecule has 0 saturated carbocycles. The third-order valence-corrected chi connectivity index (χ3v) is 1.73. The number of hydrogen-bond acceptors (Lipinski definition) is 2. The zero-order valence-electron chi connectivity index (χ0n) is 6.69. The summed E-state index contributed by atoms with van der Waals surface area (Å²) >= 11 is 0. The van der Waals surface area contributed by atoms with Crippen LogP contribution < -0.4 is 0 Å². The van der Waals surface area contributed by atoms with Gasteiger partial charge in [-0.25, -0.2) is 0 Å². The molecule has 0 unspecified atom stereocenters. The van der Waals surface area contributed by atoms with Crippen molar-refractivity contribution in [1.29, 1.82) is 0 Å². The lowest BCUT2D eigenvalue weighted by molar-refractivity contribution is -0.117. The second-order valence-electron chi connectivity index (χ2n) is 3.32. The van der Waals surface area contributed by atoms with Crippen LogP contribution in [0.15, 0.2) is 0 Å². The summed E-state index contributed by atoms with van der Waals surface area (Å²) in [6.07, 6.45) is 1.23. The quantitative estimate of drug-likeness (QED) is 0.342. The van der Waals surface area contributed by atoms with Crippen LogP contribution in [0.4, 0.5) is 0 Å². The van der Waals surface area contributed by atoms with E-state index in [-0.39, 0.29) is 18.8 Å². The highest BCUT2D eigenvalue weighted by molar-refractivity contribution is 6.42. The molecule has 1 fully saturated rings. The molecule has 2 nitrogen and oxygen atoms in total. The van der Waals surface area contributed by atoms with Gasteiger partial charge in [0.15, 0.2) is 0 Å². The summed E-state index contributed by atoms with van der Waals surface area (Å²) < 4.78 is 4.95. The Labute approximate surface area is 77.4 Å². The zero-order chi connectivity index (χ0) is 9.41. The van der Waals surface area contributed by atoms with E-state index in [0.29, 0.717) is 0 Å². The number of rotatable bonds is 1. The predicted octanol–water partition coefficient (Wildman–Crippen LogP) is -1.41. The standard InChI is InChI=1S/C6H6B4O2/c7-5(8)1-4(3-11)2-6(9,10)12-5/h3-4H,1-2H2. The van der Waals surface area contributed by atoms with Crippen LogP contribution in [0.3, 0.4) is 0 Å². The molecule has 1 aliphatic rings. The van der Waals surface area contributed by atoms with Crippen LogP contribution in [0.2, 0.25) is 0 Å². The summed E-state index contributed by atoms with van der Waals surface area (Å²) in [6.45, 7) is 0. The number of ether oxygens (including phenoxy) is 1. The van der Waals surface area contributed by atoms with Gasteiger partial charge in [0.05, 0.1) is 31.4 Å². The SMILES string of the molecule is [B]C1([B])CC(C=O)CC([B])([B])O1. The minimum atomic E-state index is -1.40. The fourth-order valence-corrected chi connectivity index (χ4v) is 1.43. The van der Waals surface area contributed by atoms with Gasteiger partial charge in [-0.15, -0.1) is 0 Å². The van der Waals surface area contributed by atoms with E-state index >= 15 is 0 Å². The monoisotopic (exact) mass is 154 g/mol. The molecule has 6 heteroatoms. The molecular weight excluding hydrogens is 147 g/mol. The molecule has 0 aromatic rings. The zero-order valence-corrected chi connectivity index (χ0v) is 6.69. The molecule has 12 heavy (non-hydrogen) atoms. The molecule has 1 heterocycles. The molecule has 0 bridgehead atoms. The smallest absolute Gasteiger partial charge is 0.123 e. The van der Waals surface area contributed by atoms with Crippen LogP contribution in [-0.2, 0) is 9.53 Å². The molecule has 0 aromatic heterocycles. The van der Waals surface area contributed by atoms with Crippen LogP contribution in [0, 0.1) is 5.92 Å². The van der Waals surface area contributed by atoms with Crippen LogP contribution in [0.1, 0.15) is 12.8 Å². The van der Waals surface area contributed by atoms with Crippen molar-refractivity contribution in [2.24, 2.45) is 5.92 Å². The first kappa shape index (κ1) is 9.97. The van der Waals surface area contributed by atoms with E-state index < -0.39 is 10.8 Å². The first-order valence-corrected chi connectivity index (χ1v) is 3.66. The van der Waals surface area contributed by atoms with Crippen molar-refractivity contribution in [2.45, 2.75) is 23.6 Å². The number of carbonyl (C=O) groups excluding carboxylic acids is 1. The highest BCUT2D eigenvalue weighted by Crippen LogP contribution is 2.31. The van der Waals surface area contributed by atoms with Crippen LogP contribution in [0.25, 0.3) is 0 Å². The molecule has 8 radical (unpaired) electrons. The van der Waals surface area contributed by atoms with E-state index in [0.717, 1.165) is 6.29 Å². The van der Waals surface area contributed by atoms with Crippen molar-refractivity contribution in [3.8, 4) is 0 Å². The maximum atomic E-state index is 10.5. The molecule has 0 spiro atoms. The molecule has 1 saturated heterocycles. The highest BCUT2D eigenvalue weighted by Gasteiger charge is 2.37. The van der Waals surface area contributed by atoms with Crippen molar-refractivity contribution in [3.63, 3.8) is 0 Å². The molecule has 0 aromatic carbocycles. The maximum Gasteiger partial charge on any atom is 0.123 e.